The first kappa shape index (κ1) is 24.4. The molecule has 0 saturated carbocycles. The summed E-state index contributed by atoms with van der Waals surface area (Å²) < 4.78 is 17.3. The molecular formula is C23H37N3O7. The Balaban J connectivity index is 1.61. The van der Waals surface area contributed by atoms with Crippen molar-refractivity contribution in [2.24, 2.45) is 17.8 Å². The molecule has 7 atom stereocenters. The molecule has 4 fully saturated rings. The Kier molecular flexibility index (Phi) is 6.74. The quantitative estimate of drug-likeness (QED) is 0.454. The van der Waals surface area contributed by atoms with Gasteiger partial charge in [0.25, 0.3) is 0 Å². The molecule has 0 aromatic rings. The van der Waals surface area contributed by atoms with E-state index in [2.05, 4.69) is 10.2 Å². The second-order valence-electron chi connectivity index (χ2n) is 9.98. The maximum absolute atomic E-state index is 13.7. The molecule has 3 unspecified atom stereocenters. The molecule has 33 heavy (non-hydrogen) atoms. The van der Waals surface area contributed by atoms with Crippen LogP contribution in [0.1, 0.15) is 34.1 Å². The molecule has 0 aromatic carbocycles. The predicted octanol–water partition coefficient (Wildman–Crippen LogP) is -0.611. The van der Waals surface area contributed by atoms with E-state index in [1.165, 1.54) is 4.90 Å². The second kappa shape index (κ2) is 9.13. The van der Waals surface area contributed by atoms with Crippen LogP contribution in [0, 0.1) is 17.8 Å². The van der Waals surface area contributed by atoms with Gasteiger partial charge in [-0.1, -0.05) is 6.92 Å². The third kappa shape index (κ3) is 3.75. The molecule has 4 heterocycles. The minimum atomic E-state index is -1.12. The Hall–Kier alpha value is -1.75. The van der Waals surface area contributed by atoms with E-state index in [0.29, 0.717) is 32.7 Å². The highest BCUT2D eigenvalue weighted by Crippen LogP contribution is 2.65. The Bertz CT molecular complexity index is 788. The number of carbonyl (C=O) groups excluding carboxylic acids is 3. The number of nitrogens with one attached hydrogen (secondary N) is 1. The average Bonchev–Trinajstić information content (AvgIpc) is 3.31. The predicted molar refractivity (Wildman–Crippen MR) is 117 cm³/mol. The van der Waals surface area contributed by atoms with Crippen LogP contribution in [0.2, 0.25) is 0 Å². The van der Waals surface area contributed by atoms with Crippen LogP contribution in [0.25, 0.3) is 0 Å². The highest BCUT2D eigenvalue weighted by Gasteiger charge is 2.80. The number of aliphatic hydroxyl groups is 1. The molecule has 4 aliphatic rings. The summed E-state index contributed by atoms with van der Waals surface area (Å²) in [6.07, 6.45) is 0.492. The van der Waals surface area contributed by atoms with Gasteiger partial charge in [0.2, 0.25) is 11.8 Å². The number of morpholine rings is 1. The van der Waals surface area contributed by atoms with E-state index in [1.807, 2.05) is 13.8 Å². The van der Waals surface area contributed by atoms with Crippen molar-refractivity contribution in [3.8, 4) is 0 Å². The normalized spacial score (nSPS) is 38.9. The lowest BCUT2D eigenvalue weighted by Gasteiger charge is -2.36. The van der Waals surface area contributed by atoms with Gasteiger partial charge in [-0.3, -0.25) is 19.3 Å². The fraction of sp³-hybridized carbons (Fsp3) is 0.870. The summed E-state index contributed by atoms with van der Waals surface area (Å²) in [5, 5.41) is 12.9. The van der Waals surface area contributed by atoms with Gasteiger partial charge in [-0.15, -0.1) is 0 Å². The molecule has 0 aromatic heterocycles. The Morgan fingerprint density at radius 3 is 2.67 bits per heavy atom. The number of fused-ring (bicyclic) bond motifs is 1. The van der Waals surface area contributed by atoms with Crippen LogP contribution in [0.3, 0.4) is 0 Å². The van der Waals surface area contributed by atoms with Gasteiger partial charge >= 0.3 is 5.97 Å². The molecule has 2 amide bonds. The first-order valence-electron chi connectivity index (χ1n) is 12.1. The Morgan fingerprint density at radius 1 is 1.33 bits per heavy atom. The van der Waals surface area contributed by atoms with E-state index in [9.17, 15) is 19.5 Å². The number of hydrogen-bond donors (Lipinski definition) is 2. The first-order valence-corrected chi connectivity index (χ1v) is 12.1. The van der Waals surface area contributed by atoms with Crippen LogP contribution in [0.15, 0.2) is 0 Å². The summed E-state index contributed by atoms with van der Waals surface area (Å²) in [6, 6.07) is -1.49. The molecule has 10 heteroatoms. The number of esters is 1. The third-order valence-electron chi connectivity index (χ3n) is 8.11. The number of carbonyl (C=O) groups is 3. The smallest absolute Gasteiger partial charge is 0.312 e. The van der Waals surface area contributed by atoms with Crippen LogP contribution in [0.4, 0.5) is 0 Å². The van der Waals surface area contributed by atoms with Gasteiger partial charge in [0.15, 0.2) is 0 Å². The minimum absolute atomic E-state index is 0.0380. The van der Waals surface area contributed by atoms with Crippen molar-refractivity contribution in [3.63, 3.8) is 0 Å². The van der Waals surface area contributed by atoms with Gasteiger partial charge < -0.3 is 29.5 Å². The van der Waals surface area contributed by atoms with Crippen LogP contribution in [-0.4, -0.2) is 109 Å². The van der Waals surface area contributed by atoms with Crippen LogP contribution in [-0.2, 0) is 28.6 Å². The van der Waals surface area contributed by atoms with Gasteiger partial charge in [-0.2, -0.15) is 0 Å². The first-order chi connectivity index (χ1) is 15.7. The molecule has 1 spiro atoms. The summed E-state index contributed by atoms with van der Waals surface area (Å²) in [5.74, 6) is -2.71. The number of amides is 2. The maximum Gasteiger partial charge on any atom is 0.312 e. The van der Waals surface area contributed by atoms with Gasteiger partial charge in [0, 0.05) is 26.2 Å². The van der Waals surface area contributed by atoms with Crippen LogP contribution >= 0.6 is 0 Å². The van der Waals surface area contributed by atoms with Crippen LogP contribution < -0.4 is 5.32 Å². The van der Waals surface area contributed by atoms with Crippen molar-refractivity contribution in [1.29, 1.82) is 0 Å². The lowest BCUT2D eigenvalue weighted by molar-refractivity contribution is -0.162. The second-order valence-corrected chi connectivity index (χ2v) is 9.98. The van der Waals surface area contributed by atoms with Crippen molar-refractivity contribution in [2.45, 2.75) is 57.4 Å². The molecule has 2 bridgehead atoms. The molecule has 186 valence electrons. The largest absolute Gasteiger partial charge is 0.466 e. The lowest BCUT2D eigenvalue weighted by atomic mass is 9.62. The van der Waals surface area contributed by atoms with Gasteiger partial charge in [-0.25, -0.2) is 0 Å². The van der Waals surface area contributed by atoms with Gasteiger partial charge in [0.05, 0.1) is 44.0 Å². The number of ether oxygens (including phenoxy) is 3. The summed E-state index contributed by atoms with van der Waals surface area (Å²) in [6.45, 7) is 11.3. The number of likely N-dealkylation sites (tertiary alicyclic amines) is 1. The Labute approximate surface area is 194 Å². The van der Waals surface area contributed by atoms with Crippen molar-refractivity contribution in [2.75, 3.05) is 52.6 Å². The average molecular weight is 468 g/mol. The van der Waals surface area contributed by atoms with E-state index in [0.717, 1.165) is 13.1 Å². The highest BCUT2D eigenvalue weighted by molar-refractivity contribution is 5.98. The van der Waals surface area contributed by atoms with Crippen molar-refractivity contribution in [1.82, 2.24) is 15.1 Å². The van der Waals surface area contributed by atoms with E-state index >= 15 is 0 Å². The molecule has 4 aliphatic heterocycles. The van der Waals surface area contributed by atoms with E-state index in [4.69, 9.17) is 14.2 Å². The number of hydrogen-bond acceptors (Lipinski definition) is 8. The molecule has 0 radical (unpaired) electrons. The van der Waals surface area contributed by atoms with Gasteiger partial charge in [0.1, 0.15) is 17.6 Å². The standard InChI is InChI=1S/C23H37N3O7/c1-5-32-21(30)17-16-20(29)26(15(3)13-27)18(23(16)12-14(2)22(17,4)33-23)19(28)24-6-7-25-8-10-31-11-9-25/h14-18,27H,5-13H2,1-4H3,(H,24,28)/t14?,15-,16+,17-,18?,22+,23?/m1/s1. The van der Waals surface area contributed by atoms with Crippen molar-refractivity contribution in [3.05, 3.63) is 0 Å². The fourth-order valence-corrected chi connectivity index (χ4v) is 6.39. The lowest BCUT2D eigenvalue weighted by Crippen LogP contribution is -2.58. The number of rotatable bonds is 8. The number of aliphatic hydroxyl groups excluding tert-OH is 1. The zero-order valence-corrected chi connectivity index (χ0v) is 20.0. The third-order valence-corrected chi connectivity index (χ3v) is 8.11. The monoisotopic (exact) mass is 467 g/mol. The summed E-state index contributed by atoms with van der Waals surface area (Å²) in [4.78, 5) is 43.9. The fourth-order valence-electron chi connectivity index (χ4n) is 6.39. The van der Waals surface area contributed by atoms with Crippen molar-refractivity contribution < 1.29 is 33.7 Å². The molecule has 0 aliphatic carbocycles. The Morgan fingerprint density at radius 2 is 2.03 bits per heavy atom. The van der Waals surface area contributed by atoms with E-state index in [1.54, 1.807) is 13.8 Å². The highest BCUT2D eigenvalue weighted by atomic mass is 16.6. The van der Waals surface area contributed by atoms with Crippen molar-refractivity contribution >= 4 is 17.8 Å². The minimum Gasteiger partial charge on any atom is -0.466 e. The van der Waals surface area contributed by atoms with E-state index < -0.39 is 41.1 Å². The zero-order valence-electron chi connectivity index (χ0n) is 20.0. The van der Waals surface area contributed by atoms with Gasteiger partial charge in [-0.05, 0) is 33.1 Å². The SMILES string of the molecule is CCOC(=O)[C@H]1[C@H]2C(=O)N([C@H](C)CO)C(C(=O)NCCN3CCOCC3)C23CC(C)[C@]1(C)O3. The maximum atomic E-state index is 13.7. The molecule has 10 nitrogen and oxygen atoms in total. The molecular weight excluding hydrogens is 430 g/mol. The summed E-state index contributed by atoms with van der Waals surface area (Å²) in [5.41, 5.74) is -2.00. The molecule has 4 rings (SSSR count). The number of nitrogens with zero attached hydrogens (tertiary/aromatic N) is 2. The summed E-state index contributed by atoms with van der Waals surface area (Å²) >= 11 is 0. The van der Waals surface area contributed by atoms with Crippen LogP contribution in [0.5, 0.6) is 0 Å². The van der Waals surface area contributed by atoms with E-state index in [-0.39, 0.29) is 30.9 Å². The summed E-state index contributed by atoms with van der Waals surface area (Å²) in [7, 11) is 0. The molecule has 2 N–H and O–H groups in total. The molecule has 4 saturated heterocycles. The zero-order chi connectivity index (χ0) is 24.0. The topological polar surface area (TPSA) is 118 Å².